The number of benzene rings is 2. The van der Waals surface area contributed by atoms with Gasteiger partial charge in [-0.3, -0.25) is 9.59 Å². The van der Waals surface area contributed by atoms with Gasteiger partial charge < -0.3 is 19.3 Å². The second-order valence-electron chi connectivity index (χ2n) is 7.48. The molecule has 2 fully saturated rings. The summed E-state index contributed by atoms with van der Waals surface area (Å²) in [4.78, 5) is 30.5. The fraction of sp³-hybridized carbons (Fsp3) is 0.364. The average molecular weight is 414 g/mol. The van der Waals surface area contributed by atoms with Crippen LogP contribution in [0.5, 0.6) is 11.5 Å². The summed E-state index contributed by atoms with van der Waals surface area (Å²) in [6.07, 6.45) is 0.172. The maximum absolute atomic E-state index is 13.2. The molecule has 1 atom stereocenters. The number of hydrogen-bond acceptors (Lipinski definition) is 5. The number of carbonyl (C=O) groups excluding carboxylic acids is 2. The highest BCUT2D eigenvalue weighted by molar-refractivity contribution is 6.22. The molecule has 2 aliphatic rings. The number of rotatable bonds is 5. The van der Waals surface area contributed by atoms with Crippen LogP contribution in [-0.2, 0) is 9.59 Å². The van der Waals surface area contributed by atoms with Gasteiger partial charge in [-0.15, -0.1) is 0 Å². The molecule has 2 aliphatic heterocycles. The van der Waals surface area contributed by atoms with E-state index in [1.54, 1.807) is 30.3 Å². The van der Waals surface area contributed by atoms with Gasteiger partial charge in [0, 0.05) is 11.8 Å². The Kier molecular flexibility index (Phi) is 5.59. The number of imide groups is 1. The van der Waals surface area contributed by atoms with Crippen LogP contribution < -0.4 is 24.2 Å². The molecule has 0 spiro atoms. The third-order valence-corrected chi connectivity index (χ3v) is 5.86. The van der Waals surface area contributed by atoms with E-state index in [0.717, 1.165) is 36.8 Å². The molecule has 0 bridgehead atoms. The summed E-state index contributed by atoms with van der Waals surface area (Å²) in [6, 6.07) is 11.1. The maximum Gasteiger partial charge on any atom is 0.292 e. The monoisotopic (exact) mass is 414 g/mol. The third-order valence-electron chi connectivity index (χ3n) is 5.86. The summed E-state index contributed by atoms with van der Waals surface area (Å²) in [5.74, 6) is 0.303. The first-order chi connectivity index (χ1) is 14.5. The number of piperazine rings is 1. The van der Waals surface area contributed by atoms with Gasteiger partial charge in [0.05, 0.1) is 52.5 Å². The molecule has 2 aromatic carbocycles. The molecule has 2 amide bonds. The quantitative estimate of drug-likeness (QED) is 0.736. The van der Waals surface area contributed by atoms with Crippen LogP contribution in [0.25, 0.3) is 0 Å². The first-order valence-electron chi connectivity index (χ1n) is 9.95. The van der Waals surface area contributed by atoms with Crippen molar-refractivity contribution in [2.45, 2.75) is 12.5 Å². The lowest BCUT2D eigenvalue weighted by atomic mass is 10.1. The molecule has 7 nitrogen and oxygen atoms in total. The maximum atomic E-state index is 13.2. The number of nitrogens with zero attached hydrogens (tertiary/aromatic N) is 2. The van der Waals surface area contributed by atoms with E-state index in [2.05, 4.69) is 4.90 Å². The van der Waals surface area contributed by atoms with Crippen molar-refractivity contribution in [2.24, 2.45) is 0 Å². The lowest BCUT2D eigenvalue weighted by Crippen LogP contribution is -3.19. The van der Waals surface area contributed by atoms with Crippen LogP contribution in [-0.4, -0.2) is 58.3 Å². The summed E-state index contributed by atoms with van der Waals surface area (Å²) < 4.78 is 23.8. The molecule has 158 valence electrons. The van der Waals surface area contributed by atoms with E-state index in [-0.39, 0.29) is 24.1 Å². The molecule has 30 heavy (non-hydrogen) atoms. The lowest BCUT2D eigenvalue weighted by molar-refractivity contribution is -0.915. The summed E-state index contributed by atoms with van der Waals surface area (Å²) >= 11 is 0. The Morgan fingerprint density at radius 2 is 1.70 bits per heavy atom. The Hall–Kier alpha value is -3.13. The van der Waals surface area contributed by atoms with E-state index in [0.29, 0.717) is 17.2 Å². The summed E-state index contributed by atoms with van der Waals surface area (Å²) in [7, 11) is 3.04. The van der Waals surface area contributed by atoms with E-state index >= 15 is 0 Å². The Morgan fingerprint density at radius 3 is 2.33 bits per heavy atom. The van der Waals surface area contributed by atoms with Crippen LogP contribution in [0.4, 0.5) is 15.8 Å². The molecule has 2 aromatic rings. The SMILES string of the molecule is COc1ccc(OC)c(N2C(=O)C[C@H]([NH+]3CCN(c4ccc(F)cc4)CC3)C2=O)c1. The molecule has 0 aliphatic carbocycles. The van der Waals surface area contributed by atoms with Crippen LogP contribution in [0.2, 0.25) is 0 Å². The van der Waals surface area contributed by atoms with Crippen molar-refractivity contribution in [1.82, 2.24) is 0 Å². The highest BCUT2D eigenvalue weighted by Gasteiger charge is 2.47. The van der Waals surface area contributed by atoms with Crippen LogP contribution in [0.3, 0.4) is 0 Å². The first kappa shape index (κ1) is 20.2. The van der Waals surface area contributed by atoms with Gasteiger partial charge in [0.25, 0.3) is 5.91 Å². The van der Waals surface area contributed by atoms with Crippen molar-refractivity contribution in [3.05, 3.63) is 48.3 Å². The molecule has 0 saturated carbocycles. The molecule has 1 N–H and O–H groups in total. The highest BCUT2D eigenvalue weighted by Crippen LogP contribution is 2.35. The van der Waals surface area contributed by atoms with Gasteiger partial charge in [-0.2, -0.15) is 0 Å². The highest BCUT2D eigenvalue weighted by atomic mass is 19.1. The number of quaternary nitrogens is 1. The minimum atomic E-state index is -0.413. The fourth-order valence-electron chi connectivity index (χ4n) is 4.23. The minimum Gasteiger partial charge on any atom is -0.497 e. The lowest BCUT2D eigenvalue weighted by Gasteiger charge is -2.35. The second-order valence-corrected chi connectivity index (χ2v) is 7.48. The van der Waals surface area contributed by atoms with Crippen molar-refractivity contribution in [3.8, 4) is 11.5 Å². The topological polar surface area (TPSA) is 63.5 Å². The number of methoxy groups -OCH3 is 2. The molecule has 0 unspecified atom stereocenters. The molecule has 8 heteroatoms. The van der Waals surface area contributed by atoms with Crippen molar-refractivity contribution >= 4 is 23.2 Å². The number of carbonyl (C=O) groups is 2. The Bertz CT molecular complexity index is 942. The van der Waals surface area contributed by atoms with E-state index in [9.17, 15) is 14.0 Å². The van der Waals surface area contributed by atoms with Crippen molar-refractivity contribution in [3.63, 3.8) is 0 Å². The van der Waals surface area contributed by atoms with Crippen molar-refractivity contribution in [2.75, 3.05) is 50.2 Å². The Labute approximate surface area is 174 Å². The van der Waals surface area contributed by atoms with Gasteiger partial charge in [-0.25, -0.2) is 9.29 Å². The molecule has 2 heterocycles. The molecule has 4 rings (SSSR count). The summed E-state index contributed by atoms with van der Waals surface area (Å²) in [5.41, 5.74) is 1.38. The van der Waals surface area contributed by atoms with Crippen LogP contribution in [0.15, 0.2) is 42.5 Å². The van der Waals surface area contributed by atoms with Crippen LogP contribution in [0.1, 0.15) is 6.42 Å². The van der Waals surface area contributed by atoms with E-state index < -0.39 is 6.04 Å². The summed E-state index contributed by atoms with van der Waals surface area (Å²) in [6.45, 7) is 2.93. The van der Waals surface area contributed by atoms with Gasteiger partial charge in [0.1, 0.15) is 17.3 Å². The zero-order chi connectivity index (χ0) is 21.3. The average Bonchev–Trinajstić information content (AvgIpc) is 3.07. The predicted molar refractivity (Wildman–Crippen MR) is 110 cm³/mol. The number of ether oxygens (including phenoxy) is 2. The van der Waals surface area contributed by atoms with Crippen LogP contribution >= 0.6 is 0 Å². The van der Waals surface area contributed by atoms with Crippen LogP contribution in [0, 0.1) is 5.82 Å². The Morgan fingerprint density at radius 1 is 1.00 bits per heavy atom. The number of halogens is 1. The van der Waals surface area contributed by atoms with E-state index in [4.69, 9.17) is 9.47 Å². The minimum absolute atomic E-state index is 0.172. The van der Waals surface area contributed by atoms with Gasteiger partial charge >= 0.3 is 0 Å². The second kappa shape index (κ2) is 8.31. The molecular formula is C22H25FN3O4+. The predicted octanol–water partition coefficient (Wildman–Crippen LogP) is 0.880. The van der Waals surface area contributed by atoms with Gasteiger partial charge in [0.2, 0.25) is 5.91 Å². The number of anilines is 2. The Balaban J connectivity index is 1.48. The van der Waals surface area contributed by atoms with Crippen molar-refractivity contribution in [1.29, 1.82) is 0 Å². The third kappa shape index (κ3) is 3.70. The molecular weight excluding hydrogens is 389 g/mol. The van der Waals surface area contributed by atoms with Gasteiger partial charge in [0.15, 0.2) is 6.04 Å². The zero-order valence-corrected chi connectivity index (χ0v) is 17.1. The zero-order valence-electron chi connectivity index (χ0n) is 17.1. The largest absolute Gasteiger partial charge is 0.497 e. The summed E-state index contributed by atoms with van der Waals surface area (Å²) in [5, 5.41) is 0. The molecule has 0 aromatic heterocycles. The fourth-order valence-corrected chi connectivity index (χ4v) is 4.23. The van der Waals surface area contributed by atoms with E-state index in [1.165, 1.54) is 31.3 Å². The first-order valence-corrected chi connectivity index (χ1v) is 9.95. The standard InChI is InChI=1S/C22H24FN3O4/c1-29-17-7-8-20(30-2)18(13-17)26-21(27)14-19(22(26)28)25-11-9-24(10-12-25)16-5-3-15(23)4-6-16/h3-8,13,19H,9-12,14H2,1-2H3/p+1/t19-/m0/s1. The van der Waals surface area contributed by atoms with Crippen molar-refractivity contribution < 1.29 is 28.4 Å². The molecule has 0 radical (unpaired) electrons. The number of hydrogen-bond donors (Lipinski definition) is 1. The smallest absolute Gasteiger partial charge is 0.292 e. The normalized spacial score (nSPS) is 20.0. The molecule has 2 saturated heterocycles. The van der Waals surface area contributed by atoms with Gasteiger partial charge in [-0.05, 0) is 36.4 Å². The van der Waals surface area contributed by atoms with Gasteiger partial charge in [-0.1, -0.05) is 0 Å². The number of amides is 2. The van der Waals surface area contributed by atoms with E-state index in [1.807, 2.05) is 0 Å². The number of nitrogens with one attached hydrogen (secondary N) is 1.